The van der Waals surface area contributed by atoms with Gasteiger partial charge in [-0.2, -0.15) is 11.8 Å². The smallest absolute Gasteiger partial charge is 0.0158 e. The minimum absolute atomic E-state index is 0.407. The Morgan fingerprint density at radius 1 is 1.30 bits per heavy atom. The van der Waals surface area contributed by atoms with Crippen molar-refractivity contribution in [3.63, 3.8) is 0 Å². The molecule has 0 aromatic rings. The number of nitrogens with two attached hydrogens (primary N) is 1. The number of hydrogen-bond donors (Lipinski definition) is 1. The Bertz CT molecular complexity index is 71.7. The lowest BCUT2D eigenvalue weighted by Crippen LogP contribution is -2.31. The summed E-state index contributed by atoms with van der Waals surface area (Å²) in [5.41, 5.74) is 5.93. The van der Waals surface area contributed by atoms with Crippen molar-refractivity contribution in [3.8, 4) is 0 Å². The molecule has 0 saturated carbocycles. The Morgan fingerprint density at radius 2 is 1.80 bits per heavy atom. The summed E-state index contributed by atoms with van der Waals surface area (Å²) in [7, 11) is 0. The zero-order valence-electron chi connectivity index (χ0n) is 7.26. The SMILES string of the molecule is CCC(CC)C(N)CSC. The predicted molar refractivity (Wildman–Crippen MR) is 50.4 cm³/mol. The third kappa shape index (κ3) is 3.47. The fraction of sp³-hybridized carbons (Fsp3) is 1.00. The molecule has 0 aromatic heterocycles. The van der Waals surface area contributed by atoms with Crippen LogP contribution < -0.4 is 5.73 Å². The van der Waals surface area contributed by atoms with E-state index in [1.54, 1.807) is 0 Å². The third-order valence-electron chi connectivity index (χ3n) is 2.01. The van der Waals surface area contributed by atoms with E-state index < -0.39 is 0 Å². The Balaban J connectivity index is 3.53. The maximum absolute atomic E-state index is 5.93. The molecule has 1 atom stereocenters. The highest BCUT2D eigenvalue weighted by Crippen LogP contribution is 2.13. The Morgan fingerprint density at radius 3 is 2.10 bits per heavy atom. The first-order valence-electron chi connectivity index (χ1n) is 4.00. The second kappa shape index (κ2) is 6.05. The minimum atomic E-state index is 0.407. The molecule has 10 heavy (non-hydrogen) atoms. The van der Waals surface area contributed by atoms with E-state index in [0.29, 0.717) is 6.04 Å². The lowest BCUT2D eigenvalue weighted by molar-refractivity contribution is 0.422. The summed E-state index contributed by atoms with van der Waals surface area (Å²) in [6.45, 7) is 4.43. The van der Waals surface area contributed by atoms with Crippen molar-refractivity contribution in [1.29, 1.82) is 0 Å². The van der Waals surface area contributed by atoms with Crippen molar-refractivity contribution in [1.82, 2.24) is 0 Å². The normalized spacial score (nSPS) is 14.1. The molecule has 0 fully saturated rings. The van der Waals surface area contributed by atoms with Crippen molar-refractivity contribution < 1.29 is 0 Å². The monoisotopic (exact) mass is 161 g/mol. The van der Waals surface area contributed by atoms with Gasteiger partial charge in [-0.1, -0.05) is 26.7 Å². The largest absolute Gasteiger partial charge is 0.327 e. The van der Waals surface area contributed by atoms with Crippen molar-refractivity contribution in [2.24, 2.45) is 11.7 Å². The molecule has 0 heterocycles. The average molecular weight is 161 g/mol. The third-order valence-corrected chi connectivity index (χ3v) is 2.73. The zero-order chi connectivity index (χ0) is 7.98. The van der Waals surface area contributed by atoms with Gasteiger partial charge in [0.25, 0.3) is 0 Å². The van der Waals surface area contributed by atoms with Gasteiger partial charge in [-0.05, 0) is 12.2 Å². The van der Waals surface area contributed by atoms with E-state index in [1.165, 1.54) is 12.8 Å². The molecule has 2 heteroatoms. The summed E-state index contributed by atoms with van der Waals surface area (Å²) in [6.07, 6.45) is 4.55. The fourth-order valence-corrected chi connectivity index (χ4v) is 1.88. The molecule has 0 spiro atoms. The summed E-state index contributed by atoms with van der Waals surface area (Å²) < 4.78 is 0. The van der Waals surface area contributed by atoms with Crippen LogP contribution in [0.3, 0.4) is 0 Å². The van der Waals surface area contributed by atoms with Crippen LogP contribution in [0.2, 0.25) is 0 Å². The first-order chi connectivity index (χ1) is 4.76. The highest BCUT2D eigenvalue weighted by molar-refractivity contribution is 7.98. The molecule has 0 aliphatic heterocycles. The first kappa shape index (κ1) is 10.3. The highest BCUT2D eigenvalue weighted by Gasteiger charge is 2.12. The minimum Gasteiger partial charge on any atom is -0.327 e. The fourth-order valence-electron chi connectivity index (χ4n) is 1.22. The van der Waals surface area contributed by atoms with E-state index in [9.17, 15) is 0 Å². The average Bonchev–Trinajstić information content (AvgIpc) is 1.91. The number of thioether (sulfide) groups is 1. The number of hydrogen-bond acceptors (Lipinski definition) is 2. The van der Waals surface area contributed by atoms with Crippen LogP contribution in [0.25, 0.3) is 0 Å². The van der Waals surface area contributed by atoms with Crippen molar-refractivity contribution in [2.75, 3.05) is 12.0 Å². The molecule has 62 valence electrons. The summed E-state index contributed by atoms with van der Waals surface area (Å²) in [6, 6.07) is 0.407. The first-order valence-corrected chi connectivity index (χ1v) is 5.40. The van der Waals surface area contributed by atoms with Gasteiger partial charge in [0.15, 0.2) is 0 Å². The van der Waals surface area contributed by atoms with Crippen molar-refractivity contribution in [3.05, 3.63) is 0 Å². The second-order valence-corrected chi connectivity index (χ2v) is 3.61. The molecule has 0 aliphatic carbocycles. The Labute approximate surface area is 68.8 Å². The van der Waals surface area contributed by atoms with Gasteiger partial charge in [0.2, 0.25) is 0 Å². The molecule has 0 amide bonds. The molecule has 0 aromatic carbocycles. The van der Waals surface area contributed by atoms with Crippen LogP contribution in [0.5, 0.6) is 0 Å². The van der Waals surface area contributed by atoms with Gasteiger partial charge < -0.3 is 5.73 Å². The molecule has 0 bridgehead atoms. The Hall–Kier alpha value is 0.310. The molecule has 1 unspecified atom stereocenters. The van der Waals surface area contributed by atoms with Crippen LogP contribution in [0.15, 0.2) is 0 Å². The van der Waals surface area contributed by atoms with E-state index in [1.807, 2.05) is 11.8 Å². The molecule has 1 nitrogen and oxygen atoms in total. The summed E-state index contributed by atoms with van der Waals surface area (Å²) in [5, 5.41) is 0. The topological polar surface area (TPSA) is 26.0 Å². The molecule has 0 saturated heterocycles. The molecule has 0 aliphatic rings. The van der Waals surface area contributed by atoms with Gasteiger partial charge in [-0.25, -0.2) is 0 Å². The van der Waals surface area contributed by atoms with Gasteiger partial charge in [-0.3, -0.25) is 0 Å². The lowest BCUT2D eigenvalue weighted by Gasteiger charge is -2.19. The van der Waals surface area contributed by atoms with E-state index in [2.05, 4.69) is 20.1 Å². The van der Waals surface area contributed by atoms with Crippen LogP contribution in [0.1, 0.15) is 26.7 Å². The van der Waals surface area contributed by atoms with Crippen LogP contribution in [0, 0.1) is 5.92 Å². The molecule has 0 radical (unpaired) electrons. The van der Waals surface area contributed by atoms with Gasteiger partial charge in [0.05, 0.1) is 0 Å². The standard InChI is InChI=1S/C8H19NS/c1-4-7(5-2)8(9)6-10-3/h7-8H,4-6,9H2,1-3H3. The van der Waals surface area contributed by atoms with E-state index in [0.717, 1.165) is 11.7 Å². The molecule has 0 rings (SSSR count). The molecular weight excluding hydrogens is 142 g/mol. The predicted octanol–water partition coefficient (Wildman–Crippen LogP) is 2.11. The maximum Gasteiger partial charge on any atom is 0.0158 e. The summed E-state index contributed by atoms with van der Waals surface area (Å²) in [5.74, 6) is 1.83. The van der Waals surface area contributed by atoms with Crippen LogP contribution in [-0.2, 0) is 0 Å². The van der Waals surface area contributed by atoms with Crippen LogP contribution in [-0.4, -0.2) is 18.1 Å². The van der Waals surface area contributed by atoms with Crippen molar-refractivity contribution in [2.45, 2.75) is 32.7 Å². The molecular formula is C8H19NS. The van der Waals surface area contributed by atoms with E-state index in [4.69, 9.17) is 5.73 Å². The van der Waals surface area contributed by atoms with Gasteiger partial charge >= 0.3 is 0 Å². The summed E-state index contributed by atoms with van der Waals surface area (Å²) in [4.78, 5) is 0. The van der Waals surface area contributed by atoms with Gasteiger partial charge in [0.1, 0.15) is 0 Å². The van der Waals surface area contributed by atoms with E-state index >= 15 is 0 Å². The maximum atomic E-state index is 5.93. The van der Waals surface area contributed by atoms with Crippen LogP contribution in [0.4, 0.5) is 0 Å². The van der Waals surface area contributed by atoms with Crippen molar-refractivity contribution >= 4 is 11.8 Å². The van der Waals surface area contributed by atoms with Crippen LogP contribution >= 0.6 is 11.8 Å². The second-order valence-electron chi connectivity index (χ2n) is 2.70. The highest BCUT2D eigenvalue weighted by atomic mass is 32.2. The molecule has 2 N–H and O–H groups in total. The number of rotatable bonds is 5. The quantitative estimate of drug-likeness (QED) is 0.668. The van der Waals surface area contributed by atoms with Gasteiger partial charge in [0, 0.05) is 11.8 Å². The van der Waals surface area contributed by atoms with Gasteiger partial charge in [-0.15, -0.1) is 0 Å². The lowest BCUT2D eigenvalue weighted by atomic mass is 9.96. The van der Waals surface area contributed by atoms with E-state index in [-0.39, 0.29) is 0 Å². The zero-order valence-corrected chi connectivity index (χ0v) is 8.08. The summed E-state index contributed by atoms with van der Waals surface area (Å²) >= 11 is 1.84. The Kier molecular flexibility index (Phi) is 6.24.